The van der Waals surface area contributed by atoms with E-state index in [1.54, 1.807) is 18.2 Å². The third kappa shape index (κ3) is 2.85. The van der Waals surface area contributed by atoms with Gasteiger partial charge >= 0.3 is 0 Å². The third-order valence-electron chi connectivity index (χ3n) is 1.53. The van der Waals surface area contributed by atoms with Gasteiger partial charge in [-0.1, -0.05) is 17.7 Å². The first-order valence-corrected chi connectivity index (χ1v) is 8.15. The van der Waals surface area contributed by atoms with Gasteiger partial charge in [-0.2, -0.15) is 0 Å². The minimum atomic E-state index is -1.72. The SMILES string of the molecule is C[Si](C)(C)Oc1c(Cl)cccc1C=O. The third-order valence-corrected chi connectivity index (χ3v) is 2.65. The molecule has 0 aliphatic heterocycles. The molecule has 1 rings (SSSR count). The van der Waals surface area contributed by atoms with E-state index in [2.05, 4.69) is 0 Å². The van der Waals surface area contributed by atoms with Gasteiger partial charge in [-0.05, 0) is 31.8 Å². The van der Waals surface area contributed by atoms with Crippen LogP contribution >= 0.6 is 11.6 Å². The fourth-order valence-electron chi connectivity index (χ4n) is 1.03. The zero-order valence-electron chi connectivity index (χ0n) is 8.50. The van der Waals surface area contributed by atoms with Crippen molar-refractivity contribution in [3.8, 4) is 5.75 Å². The molecule has 0 aliphatic carbocycles. The van der Waals surface area contributed by atoms with E-state index in [4.69, 9.17) is 16.0 Å². The summed E-state index contributed by atoms with van der Waals surface area (Å²) in [6.07, 6.45) is 0.765. The molecule has 0 bridgehead atoms. The van der Waals surface area contributed by atoms with Crippen LogP contribution in [0, 0.1) is 0 Å². The van der Waals surface area contributed by atoms with Crippen LogP contribution in [0.5, 0.6) is 5.75 Å². The molecule has 0 aromatic heterocycles. The lowest BCUT2D eigenvalue weighted by molar-refractivity contribution is 0.112. The van der Waals surface area contributed by atoms with Gasteiger partial charge < -0.3 is 4.43 Å². The number of carbonyl (C=O) groups is 1. The van der Waals surface area contributed by atoms with Crippen LogP contribution < -0.4 is 4.43 Å². The number of benzene rings is 1. The molecule has 2 nitrogen and oxygen atoms in total. The summed E-state index contributed by atoms with van der Waals surface area (Å²) < 4.78 is 5.73. The number of aldehydes is 1. The Morgan fingerprint density at radius 3 is 2.50 bits per heavy atom. The van der Waals surface area contributed by atoms with Gasteiger partial charge in [0.05, 0.1) is 10.6 Å². The summed E-state index contributed by atoms with van der Waals surface area (Å²) in [5, 5.41) is 0.497. The van der Waals surface area contributed by atoms with Crippen molar-refractivity contribution in [3.05, 3.63) is 28.8 Å². The average molecular weight is 229 g/mol. The highest BCUT2D eigenvalue weighted by molar-refractivity contribution is 6.70. The fourth-order valence-corrected chi connectivity index (χ4v) is 2.16. The van der Waals surface area contributed by atoms with Crippen LogP contribution in [0.1, 0.15) is 10.4 Å². The molecular formula is C10H13ClO2Si. The highest BCUT2D eigenvalue weighted by atomic mass is 35.5. The van der Waals surface area contributed by atoms with Gasteiger partial charge in [0.15, 0.2) is 6.29 Å². The Kier molecular flexibility index (Phi) is 3.34. The van der Waals surface area contributed by atoms with Crippen molar-refractivity contribution in [3.63, 3.8) is 0 Å². The smallest absolute Gasteiger partial charge is 0.242 e. The molecule has 0 aliphatic rings. The summed E-state index contributed by atoms with van der Waals surface area (Å²) in [4.78, 5) is 10.7. The summed E-state index contributed by atoms with van der Waals surface area (Å²) in [6.45, 7) is 6.14. The van der Waals surface area contributed by atoms with Crippen molar-refractivity contribution in [2.24, 2.45) is 0 Å². The molecule has 1 aromatic carbocycles. The summed E-state index contributed by atoms with van der Waals surface area (Å²) >= 11 is 5.95. The van der Waals surface area contributed by atoms with E-state index in [-0.39, 0.29) is 0 Å². The molecule has 1 aromatic rings. The quantitative estimate of drug-likeness (QED) is 0.586. The number of para-hydroxylation sites is 1. The second kappa shape index (κ2) is 4.15. The highest BCUT2D eigenvalue weighted by Crippen LogP contribution is 2.29. The average Bonchev–Trinajstić information content (AvgIpc) is 2.06. The summed E-state index contributed by atoms with van der Waals surface area (Å²) in [6, 6.07) is 5.17. The molecular weight excluding hydrogens is 216 g/mol. The molecule has 0 spiro atoms. The van der Waals surface area contributed by atoms with Gasteiger partial charge in [0, 0.05) is 0 Å². The Balaban J connectivity index is 3.11. The summed E-state index contributed by atoms with van der Waals surface area (Å²) in [7, 11) is -1.72. The van der Waals surface area contributed by atoms with Gasteiger partial charge in [0.2, 0.25) is 8.32 Å². The predicted molar refractivity (Wildman–Crippen MR) is 60.8 cm³/mol. The normalized spacial score (nSPS) is 11.1. The Hall–Kier alpha value is -0.803. The van der Waals surface area contributed by atoms with Crippen LogP contribution in [0.25, 0.3) is 0 Å². The zero-order valence-corrected chi connectivity index (χ0v) is 10.3. The number of hydrogen-bond acceptors (Lipinski definition) is 2. The van der Waals surface area contributed by atoms with Crippen LogP contribution in [0.4, 0.5) is 0 Å². The van der Waals surface area contributed by atoms with Crippen LogP contribution in [0.3, 0.4) is 0 Å². The van der Waals surface area contributed by atoms with E-state index in [0.717, 1.165) is 6.29 Å². The highest BCUT2D eigenvalue weighted by Gasteiger charge is 2.19. The molecule has 4 heteroatoms. The number of hydrogen-bond donors (Lipinski definition) is 0. The lowest BCUT2D eigenvalue weighted by atomic mass is 10.2. The van der Waals surface area contributed by atoms with Crippen molar-refractivity contribution < 1.29 is 9.22 Å². The number of halogens is 1. The fraction of sp³-hybridized carbons (Fsp3) is 0.300. The first kappa shape index (κ1) is 11.3. The molecule has 0 radical (unpaired) electrons. The van der Waals surface area contributed by atoms with Crippen molar-refractivity contribution in [2.75, 3.05) is 0 Å². The van der Waals surface area contributed by atoms with E-state index in [0.29, 0.717) is 16.3 Å². The monoisotopic (exact) mass is 228 g/mol. The Morgan fingerprint density at radius 2 is 2.00 bits per heavy atom. The molecule has 76 valence electrons. The summed E-state index contributed by atoms with van der Waals surface area (Å²) in [5.74, 6) is 0.517. The van der Waals surface area contributed by atoms with Crippen LogP contribution in [0.2, 0.25) is 24.7 Å². The predicted octanol–water partition coefficient (Wildman–Crippen LogP) is 3.37. The molecule has 0 amide bonds. The summed E-state index contributed by atoms with van der Waals surface area (Å²) in [5.41, 5.74) is 0.514. The molecule has 0 unspecified atom stereocenters. The van der Waals surface area contributed by atoms with Crippen LogP contribution in [-0.4, -0.2) is 14.6 Å². The molecule has 0 saturated carbocycles. The van der Waals surface area contributed by atoms with E-state index in [9.17, 15) is 4.79 Å². The van der Waals surface area contributed by atoms with Gasteiger partial charge in [-0.15, -0.1) is 0 Å². The lowest BCUT2D eigenvalue weighted by Gasteiger charge is -2.21. The largest absolute Gasteiger partial charge is 0.543 e. The first-order valence-electron chi connectivity index (χ1n) is 4.37. The molecule has 0 N–H and O–H groups in total. The Labute approximate surface area is 90.0 Å². The van der Waals surface area contributed by atoms with Gasteiger partial charge in [-0.3, -0.25) is 4.79 Å². The maximum atomic E-state index is 10.7. The van der Waals surface area contributed by atoms with Crippen molar-refractivity contribution in [1.82, 2.24) is 0 Å². The standard InChI is InChI=1S/C10H13ClO2Si/c1-14(2,3)13-10-8(7-12)5-4-6-9(10)11/h4-7H,1-3H3. The lowest BCUT2D eigenvalue weighted by Crippen LogP contribution is -2.29. The van der Waals surface area contributed by atoms with Crippen molar-refractivity contribution >= 4 is 26.2 Å². The van der Waals surface area contributed by atoms with Crippen LogP contribution in [0.15, 0.2) is 18.2 Å². The molecule has 0 saturated heterocycles. The zero-order chi connectivity index (χ0) is 10.8. The van der Waals surface area contributed by atoms with Crippen molar-refractivity contribution in [1.29, 1.82) is 0 Å². The molecule has 14 heavy (non-hydrogen) atoms. The van der Waals surface area contributed by atoms with Crippen molar-refractivity contribution in [2.45, 2.75) is 19.6 Å². The van der Waals surface area contributed by atoms with Crippen LogP contribution in [-0.2, 0) is 0 Å². The minimum Gasteiger partial charge on any atom is -0.543 e. The molecule has 0 atom stereocenters. The van der Waals surface area contributed by atoms with Gasteiger partial charge in [0.1, 0.15) is 5.75 Å². The van der Waals surface area contributed by atoms with E-state index in [1.165, 1.54) is 0 Å². The Bertz CT molecular complexity index is 344. The van der Waals surface area contributed by atoms with Gasteiger partial charge in [0.25, 0.3) is 0 Å². The van der Waals surface area contributed by atoms with Gasteiger partial charge in [-0.25, -0.2) is 0 Å². The topological polar surface area (TPSA) is 26.3 Å². The Morgan fingerprint density at radius 1 is 1.36 bits per heavy atom. The number of carbonyl (C=O) groups excluding carboxylic acids is 1. The molecule has 0 heterocycles. The number of rotatable bonds is 3. The minimum absolute atomic E-state index is 0.497. The first-order chi connectivity index (χ1) is 6.44. The maximum absolute atomic E-state index is 10.7. The van der Waals surface area contributed by atoms with E-state index in [1.807, 2.05) is 19.6 Å². The second-order valence-corrected chi connectivity index (χ2v) is 8.83. The second-order valence-electron chi connectivity index (χ2n) is 3.99. The van der Waals surface area contributed by atoms with E-state index >= 15 is 0 Å². The van der Waals surface area contributed by atoms with E-state index < -0.39 is 8.32 Å². The molecule has 0 fully saturated rings. The maximum Gasteiger partial charge on any atom is 0.242 e.